The summed E-state index contributed by atoms with van der Waals surface area (Å²) in [5.74, 6) is -0.812. The van der Waals surface area contributed by atoms with Crippen molar-refractivity contribution in [1.82, 2.24) is 0 Å². The second-order valence-electron chi connectivity index (χ2n) is 5.35. The van der Waals surface area contributed by atoms with Gasteiger partial charge >= 0.3 is 5.97 Å². The van der Waals surface area contributed by atoms with Gasteiger partial charge in [0.25, 0.3) is 0 Å². The first-order valence-electron chi connectivity index (χ1n) is 6.10. The molecular weight excluding hydrogens is 208 g/mol. The second kappa shape index (κ2) is 4.34. The molecule has 0 aromatic heterocycles. The molecule has 0 spiro atoms. The van der Waals surface area contributed by atoms with Crippen molar-refractivity contribution in [2.24, 2.45) is 5.41 Å². The summed E-state index contributed by atoms with van der Waals surface area (Å²) in [6, 6.07) is 0. The highest BCUT2D eigenvalue weighted by molar-refractivity contribution is 5.75. The highest BCUT2D eigenvalue weighted by atomic mass is 16.5. The van der Waals surface area contributed by atoms with E-state index in [2.05, 4.69) is 0 Å². The minimum absolute atomic E-state index is 0.255. The van der Waals surface area contributed by atoms with Gasteiger partial charge in [-0.3, -0.25) is 4.79 Å². The molecule has 16 heavy (non-hydrogen) atoms. The third-order valence-electron chi connectivity index (χ3n) is 3.98. The molecule has 1 unspecified atom stereocenters. The summed E-state index contributed by atoms with van der Waals surface area (Å²) in [6.45, 7) is 0.901. The first kappa shape index (κ1) is 11.9. The molecule has 2 aliphatic rings. The Morgan fingerprint density at radius 1 is 1.19 bits per heavy atom. The van der Waals surface area contributed by atoms with E-state index >= 15 is 0 Å². The quantitative estimate of drug-likeness (QED) is 0.769. The average molecular weight is 228 g/mol. The number of carboxylic acids is 1. The molecule has 2 fully saturated rings. The number of aliphatic carboxylic acids is 1. The summed E-state index contributed by atoms with van der Waals surface area (Å²) in [5.41, 5.74) is -1.61. The number of carboxylic acid groups (broad SMARTS) is 1. The molecule has 1 saturated carbocycles. The second-order valence-corrected chi connectivity index (χ2v) is 5.35. The van der Waals surface area contributed by atoms with Crippen LogP contribution in [-0.4, -0.2) is 35.0 Å². The fraction of sp³-hybridized carbons (Fsp3) is 0.917. The standard InChI is InChI=1S/C12H20O4/c13-10(14)11(4-3-7-16-9-11)8-12(15)5-1-2-6-12/h15H,1-9H2,(H,13,14). The van der Waals surface area contributed by atoms with E-state index in [1.165, 1.54) is 0 Å². The maximum absolute atomic E-state index is 11.4. The van der Waals surface area contributed by atoms with E-state index in [1.54, 1.807) is 0 Å². The topological polar surface area (TPSA) is 66.8 Å². The molecule has 4 heteroatoms. The van der Waals surface area contributed by atoms with E-state index in [0.29, 0.717) is 19.4 Å². The predicted octanol–water partition coefficient (Wildman–Crippen LogP) is 1.56. The lowest BCUT2D eigenvalue weighted by Crippen LogP contribution is -2.45. The number of hydrogen-bond donors (Lipinski definition) is 2. The van der Waals surface area contributed by atoms with Crippen molar-refractivity contribution in [3.63, 3.8) is 0 Å². The van der Waals surface area contributed by atoms with Gasteiger partial charge in [-0.05, 0) is 32.1 Å². The Kier molecular flexibility index (Phi) is 3.22. The SMILES string of the molecule is O=C(O)C1(CC2(O)CCCC2)CCCOC1. The van der Waals surface area contributed by atoms with E-state index < -0.39 is 17.0 Å². The van der Waals surface area contributed by atoms with Gasteiger partial charge in [0.15, 0.2) is 0 Å². The zero-order chi connectivity index (χ0) is 11.6. The Bertz CT molecular complexity index is 262. The van der Waals surface area contributed by atoms with Crippen LogP contribution in [0.3, 0.4) is 0 Å². The van der Waals surface area contributed by atoms with Crippen molar-refractivity contribution in [3.05, 3.63) is 0 Å². The molecule has 0 aromatic carbocycles. The van der Waals surface area contributed by atoms with Crippen LogP contribution in [0.25, 0.3) is 0 Å². The third kappa shape index (κ3) is 2.23. The van der Waals surface area contributed by atoms with Gasteiger partial charge in [-0.15, -0.1) is 0 Å². The van der Waals surface area contributed by atoms with Crippen LogP contribution in [0.2, 0.25) is 0 Å². The van der Waals surface area contributed by atoms with E-state index in [1.807, 2.05) is 0 Å². The normalized spacial score (nSPS) is 33.8. The molecule has 1 heterocycles. The monoisotopic (exact) mass is 228 g/mol. The van der Waals surface area contributed by atoms with Gasteiger partial charge in [0.05, 0.1) is 17.6 Å². The Balaban J connectivity index is 2.10. The van der Waals surface area contributed by atoms with Crippen molar-refractivity contribution in [2.75, 3.05) is 13.2 Å². The molecular formula is C12H20O4. The first-order chi connectivity index (χ1) is 7.56. The smallest absolute Gasteiger partial charge is 0.312 e. The zero-order valence-corrected chi connectivity index (χ0v) is 9.57. The Morgan fingerprint density at radius 2 is 1.88 bits per heavy atom. The predicted molar refractivity (Wildman–Crippen MR) is 58.2 cm³/mol. The maximum Gasteiger partial charge on any atom is 0.312 e. The molecule has 1 aliphatic carbocycles. The zero-order valence-electron chi connectivity index (χ0n) is 9.57. The van der Waals surface area contributed by atoms with E-state index in [-0.39, 0.29) is 6.61 Å². The lowest BCUT2D eigenvalue weighted by Gasteiger charge is -2.38. The van der Waals surface area contributed by atoms with Crippen LogP contribution in [0.4, 0.5) is 0 Å². The minimum Gasteiger partial charge on any atom is -0.481 e. The average Bonchev–Trinajstić information content (AvgIpc) is 2.66. The van der Waals surface area contributed by atoms with Crippen LogP contribution in [-0.2, 0) is 9.53 Å². The summed E-state index contributed by atoms with van der Waals surface area (Å²) in [7, 11) is 0. The maximum atomic E-state index is 11.4. The molecule has 4 nitrogen and oxygen atoms in total. The summed E-state index contributed by atoms with van der Waals surface area (Å²) >= 11 is 0. The van der Waals surface area contributed by atoms with Crippen LogP contribution in [0.15, 0.2) is 0 Å². The summed E-state index contributed by atoms with van der Waals surface area (Å²) < 4.78 is 5.31. The molecule has 92 valence electrons. The van der Waals surface area contributed by atoms with Crippen molar-refractivity contribution in [1.29, 1.82) is 0 Å². The Morgan fingerprint density at radius 3 is 2.38 bits per heavy atom. The number of hydrogen-bond acceptors (Lipinski definition) is 3. The number of carbonyl (C=O) groups is 1. The molecule has 0 amide bonds. The summed E-state index contributed by atoms with van der Waals surface area (Å²) in [5, 5.41) is 19.7. The number of rotatable bonds is 3. The van der Waals surface area contributed by atoms with Crippen molar-refractivity contribution in [2.45, 2.75) is 50.5 Å². The summed E-state index contributed by atoms with van der Waals surface area (Å²) in [6.07, 6.45) is 5.26. The van der Waals surface area contributed by atoms with Crippen LogP contribution < -0.4 is 0 Å². The van der Waals surface area contributed by atoms with E-state index in [9.17, 15) is 15.0 Å². The highest BCUT2D eigenvalue weighted by Gasteiger charge is 2.47. The fourth-order valence-corrected chi connectivity index (χ4v) is 3.08. The molecule has 1 aliphatic heterocycles. The molecule has 0 radical (unpaired) electrons. The summed E-state index contributed by atoms with van der Waals surface area (Å²) in [4.78, 5) is 11.4. The van der Waals surface area contributed by atoms with Gasteiger partial charge < -0.3 is 14.9 Å². The number of ether oxygens (including phenoxy) is 1. The van der Waals surface area contributed by atoms with Crippen molar-refractivity contribution in [3.8, 4) is 0 Å². The minimum atomic E-state index is -0.850. The molecule has 1 saturated heterocycles. The van der Waals surface area contributed by atoms with Crippen LogP contribution in [0.1, 0.15) is 44.9 Å². The van der Waals surface area contributed by atoms with Crippen LogP contribution in [0.5, 0.6) is 0 Å². The number of aliphatic hydroxyl groups is 1. The molecule has 0 bridgehead atoms. The molecule has 2 N–H and O–H groups in total. The molecule has 0 aromatic rings. The van der Waals surface area contributed by atoms with Crippen LogP contribution in [0, 0.1) is 5.41 Å². The third-order valence-corrected chi connectivity index (χ3v) is 3.98. The Labute approximate surface area is 95.6 Å². The van der Waals surface area contributed by atoms with Gasteiger partial charge in [-0.1, -0.05) is 12.8 Å². The van der Waals surface area contributed by atoms with Gasteiger partial charge in [0, 0.05) is 6.61 Å². The molecule has 1 atom stereocenters. The highest BCUT2D eigenvalue weighted by Crippen LogP contribution is 2.43. The lowest BCUT2D eigenvalue weighted by molar-refractivity contribution is -0.164. The van der Waals surface area contributed by atoms with Gasteiger partial charge in [-0.25, -0.2) is 0 Å². The van der Waals surface area contributed by atoms with Crippen LogP contribution >= 0.6 is 0 Å². The van der Waals surface area contributed by atoms with E-state index in [0.717, 1.165) is 32.1 Å². The molecule has 2 rings (SSSR count). The fourth-order valence-electron chi connectivity index (χ4n) is 3.08. The van der Waals surface area contributed by atoms with Crippen molar-refractivity contribution >= 4 is 5.97 Å². The largest absolute Gasteiger partial charge is 0.481 e. The first-order valence-corrected chi connectivity index (χ1v) is 6.10. The van der Waals surface area contributed by atoms with Gasteiger partial charge in [0.2, 0.25) is 0 Å². The van der Waals surface area contributed by atoms with E-state index in [4.69, 9.17) is 4.74 Å². The van der Waals surface area contributed by atoms with Crippen molar-refractivity contribution < 1.29 is 19.7 Å². The lowest BCUT2D eigenvalue weighted by atomic mass is 9.73. The Hall–Kier alpha value is -0.610. The van der Waals surface area contributed by atoms with Gasteiger partial charge in [-0.2, -0.15) is 0 Å². The van der Waals surface area contributed by atoms with Gasteiger partial charge in [0.1, 0.15) is 0 Å².